The van der Waals surface area contributed by atoms with Gasteiger partial charge in [0.25, 0.3) is 5.91 Å². The summed E-state index contributed by atoms with van der Waals surface area (Å²) in [6.45, 7) is 8.73. The lowest BCUT2D eigenvalue weighted by molar-refractivity contribution is 0.0342. The summed E-state index contributed by atoms with van der Waals surface area (Å²) in [4.78, 5) is 20.7. The van der Waals surface area contributed by atoms with Crippen LogP contribution in [0.2, 0.25) is 0 Å². The first kappa shape index (κ1) is 23.8. The minimum Gasteiger partial charge on any atom is -0.379 e. The number of nitrogens with one attached hydrogen (secondary N) is 2. The summed E-state index contributed by atoms with van der Waals surface area (Å²) in [5, 5.41) is 6.70. The van der Waals surface area contributed by atoms with E-state index >= 15 is 0 Å². The molecule has 32 heavy (non-hydrogen) atoms. The van der Waals surface area contributed by atoms with Gasteiger partial charge in [0, 0.05) is 52.4 Å². The molecule has 0 radical (unpaired) electrons. The van der Waals surface area contributed by atoms with Gasteiger partial charge in [0.1, 0.15) is 0 Å². The molecule has 7 heteroatoms. The smallest absolute Gasteiger partial charge is 0.253 e. The zero-order valence-electron chi connectivity index (χ0n) is 19.4. The monoisotopic (exact) mass is 437 g/mol. The van der Waals surface area contributed by atoms with E-state index in [2.05, 4.69) is 51.7 Å². The number of amides is 1. The molecule has 1 aliphatic heterocycles. The van der Waals surface area contributed by atoms with Crippen LogP contribution < -0.4 is 10.6 Å². The van der Waals surface area contributed by atoms with Crippen LogP contribution in [-0.4, -0.2) is 68.6 Å². The molecule has 1 amide bonds. The Morgan fingerprint density at radius 2 is 1.59 bits per heavy atom. The Morgan fingerprint density at radius 1 is 0.969 bits per heavy atom. The van der Waals surface area contributed by atoms with E-state index in [9.17, 15) is 4.79 Å². The Balaban J connectivity index is 1.52. The molecule has 0 spiro atoms. The largest absolute Gasteiger partial charge is 0.379 e. The van der Waals surface area contributed by atoms with E-state index in [1.165, 1.54) is 11.1 Å². The third-order valence-electron chi connectivity index (χ3n) is 5.36. The van der Waals surface area contributed by atoms with Crippen molar-refractivity contribution in [3.63, 3.8) is 0 Å². The van der Waals surface area contributed by atoms with Crippen molar-refractivity contribution in [3.8, 4) is 0 Å². The highest BCUT2D eigenvalue weighted by molar-refractivity contribution is 5.93. The summed E-state index contributed by atoms with van der Waals surface area (Å²) in [6.07, 6.45) is 0. The molecule has 7 nitrogen and oxygen atoms in total. The van der Waals surface area contributed by atoms with Crippen LogP contribution in [0.25, 0.3) is 0 Å². The van der Waals surface area contributed by atoms with Crippen LogP contribution >= 0.6 is 0 Å². The highest BCUT2D eigenvalue weighted by atomic mass is 16.5. The van der Waals surface area contributed by atoms with Crippen molar-refractivity contribution in [3.05, 3.63) is 70.8 Å². The predicted molar refractivity (Wildman–Crippen MR) is 129 cm³/mol. The summed E-state index contributed by atoms with van der Waals surface area (Å²) >= 11 is 0. The maximum atomic E-state index is 12.0. The van der Waals surface area contributed by atoms with Crippen molar-refractivity contribution in [2.75, 3.05) is 46.9 Å². The fourth-order valence-electron chi connectivity index (χ4n) is 3.49. The Labute approximate surface area is 191 Å². The highest BCUT2D eigenvalue weighted by Gasteiger charge is 2.10. The quantitative estimate of drug-likeness (QED) is 0.491. The summed E-state index contributed by atoms with van der Waals surface area (Å²) in [5.41, 5.74) is 4.29. The van der Waals surface area contributed by atoms with Crippen molar-refractivity contribution in [1.29, 1.82) is 0 Å². The van der Waals surface area contributed by atoms with E-state index in [1.807, 2.05) is 24.3 Å². The average molecular weight is 438 g/mol. The van der Waals surface area contributed by atoms with Crippen molar-refractivity contribution in [2.24, 2.45) is 4.99 Å². The van der Waals surface area contributed by atoms with Gasteiger partial charge >= 0.3 is 0 Å². The standard InChI is InChI=1S/C25H35N5O2/c1-4-26-25(28-18-21-9-11-23(12-10-21)24(31)29(2)3)27-17-20-5-7-22(8-6-20)19-30-13-15-32-16-14-30/h5-12H,4,13-19H2,1-3H3,(H2,26,27,28). The van der Waals surface area contributed by atoms with Crippen molar-refractivity contribution < 1.29 is 9.53 Å². The summed E-state index contributed by atoms with van der Waals surface area (Å²) in [5.74, 6) is 0.782. The molecule has 0 aliphatic carbocycles. The lowest BCUT2D eigenvalue weighted by atomic mass is 10.1. The summed E-state index contributed by atoms with van der Waals surface area (Å²) < 4.78 is 5.42. The number of aliphatic imine (C=N–C) groups is 1. The van der Waals surface area contributed by atoms with Gasteiger partial charge in [-0.25, -0.2) is 4.99 Å². The van der Waals surface area contributed by atoms with Gasteiger partial charge in [-0.1, -0.05) is 36.4 Å². The van der Waals surface area contributed by atoms with Gasteiger partial charge < -0.3 is 20.3 Å². The molecule has 1 fully saturated rings. The Morgan fingerprint density at radius 3 is 2.22 bits per heavy atom. The minimum absolute atomic E-state index is 0.00557. The second-order valence-corrected chi connectivity index (χ2v) is 8.15. The minimum atomic E-state index is 0.00557. The number of carbonyl (C=O) groups is 1. The number of guanidine groups is 1. The SMILES string of the molecule is CCNC(=NCc1ccc(C(=O)N(C)C)cc1)NCc1ccc(CN2CCOCC2)cc1. The van der Waals surface area contributed by atoms with Gasteiger partial charge in [0.05, 0.1) is 19.8 Å². The van der Waals surface area contributed by atoms with Crippen molar-refractivity contribution in [2.45, 2.75) is 26.6 Å². The van der Waals surface area contributed by atoms with E-state index < -0.39 is 0 Å². The first-order chi connectivity index (χ1) is 15.5. The molecule has 2 aromatic rings. The third kappa shape index (κ3) is 7.35. The van der Waals surface area contributed by atoms with E-state index in [0.29, 0.717) is 18.7 Å². The first-order valence-corrected chi connectivity index (χ1v) is 11.3. The van der Waals surface area contributed by atoms with Crippen LogP contribution in [0.4, 0.5) is 0 Å². The Kier molecular flexibility index (Phi) is 9.07. The molecular weight excluding hydrogens is 402 g/mol. The summed E-state index contributed by atoms with van der Waals surface area (Å²) in [7, 11) is 3.51. The van der Waals surface area contributed by atoms with E-state index in [1.54, 1.807) is 19.0 Å². The number of hydrogen-bond donors (Lipinski definition) is 2. The fourth-order valence-corrected chi connectivity index (χ4v) is 3.49. The van der Waals surface area contributed by atoms with Crippen molar-refractivity contribution in [1.82, 2.24) is 20.4 Å². The molecule has 0 unspecified atom stereocenters. The number of morpholine rings is 1. The van der Waals surface area contributed by atoms with Gasteiger partial charge in [-0.2, -0.15) is 0 Å². The second kappa shape index (κ2) is 12.2. The molecule has 1 heterocycles. The van der Waals surface area contributed by atoms with Crippen LogP contribution in [0.15, 0.2) is 53.5 Å². The molecule has 1 aliphatic rings. The molecule has 2 N–H and O–H groups in total. The lowest BCUT2D eigenvalue weighted by Crippen LogP contribution is -2.36. The van der Waals surface area contributed by atoms with Gasteiger partial charge in [-0.15, -0.1) is 0 Å². The molecule has 0 bridgehead atoms. The Bertz CT molecular complexity index is 872. The zero-order chi connectivity index (χ0) is 22.8. The molecular formula is C25H35N5O2. The van der Waals surface area contributed by atoms with Gasteiger partial charge in [0.15, 0.2) is 5.96 Å². The topological polar surface area (TPSA) is 69.2 Å². The summed E-state index contributed by atoms with van der Waals surface area (Å²) in [6, 6.07) is 16.4. The fraction of sp³-hybridized carbons (Fsp3) is 0.440. The van der Waals surface area contributed by atoms with Crippen LogP contribution in [0.5, 0.6) is 0 Å². The van der Waals surface area contributed by atoms with E-state index in [-0.39, 0.29) is 5.91 Å². The molecule has 0 saturated carbocycles. The average Bonchev–Trinajstić information content (AvgIpc) is 2.82. The number of hydrogen-bond acceptors (Lipinski definition) is 4. The van der Waals surface area contributed by atoms with Gasteiger partial charge in [-0.3, -0.25) is 9.69 Å². The van der Waals surface area contributed by atoms with Crippen molar-refractivity contribution >= 4 is 11.9 Å². The number of benzene rings is 2. The van der Waals surface area contributed by atoms with Crippen LogP contribution in [0.3, 0.4) is 0 Å². The predicted octanol–water partition coefficient (Wildman–Crippen LogP) is 2.48. The second-order valence-electron chi connectivity index (χ2n) is 8.15. The number of rotatable bonds is 8. The normalized spacial score (nSPS) is 14.8. The number of carbonyl (C=O) groups excluding carboxylic acids is 1. The first-order valence-electron chi connectivity index (χ1n) is 11.3. The number of ether oxygens (including phenoxy) is 1. The van der Waals surface area contributed by atoms with Crippen LogP contribution in [0.1, 0.15) is 34.0 Å². The number of nitrogens with zero attached hydrogens (tertiary/aromatic N) is 3. The third-order valence-corrected chi connectivity index (χ3v) is 5.36. The van der Waals surface area contributed by atoms with E-state index in [4.69, 9.17) is 4.74 Å². The maximum Gasteiger partial charge on any atom is 0.253 e. The molecule has 1 saturated heterocycles. The van der Waals surface area contributed by atoms with Gasteiger partial charge in [-0.05, 0) is 35.7 Å². The van der Waals surface area contributed by atoms with Crippen LogP contribution in [-0.2, 0) is 24.4 Å². The molecule has 0 atom stereocenters. The molecule has 3 rings (SSSR count). The van der Waals surface area contributed by atoms with E-state index in [0.717, 1.165) is 50.9 Å². The lowest BCUT2D eigenvalue weighted by Gasteiger charge is -2.26. The molecule has 172 valence electrons. The maximum absolute atomic E-state index is 12.0. The highest BCUT2D eigenvalue weighted by Crippen LogP contribution is 2.10. The molecule has 2 aromatic carbocycles. The van der Waals surface area contributed by atoms with Gasteiger partial charge in [0.2, 0.25) is 0 Å². The van der Waals surface area contributed by atoms with Crippen LogP contribution in [0, 0.1) is 0 Å². The molecule has 0 aromatic heterocycles. The Hall–Kier alpha value is -2.90. The zero-order valence-corrected chi connectivity index (χ0v) is 19.4.